The van der Waals surface area contributed by atoms with Crippen molar-refractivity contribution in [2.24, 2.45) is 5.73 Å². The van der Waals surface area contributed by atoms with E-state index in [1.54, 1.807) is 4.68 Å². The highest BCUT2D eigenvalue weighted by Gasteiger charge is 2.08. The number of benzene rings is 1. The van der Waals surface area contributed by atoms with Crippen LogP contribution in [0.2, 0.25) is 5.02 Å². The lowest BCUT2D eigenvalue weighted by atomic mass is 10.2. The van der Waals surface area contributed by atoms with Gasteiger partial charge in [0.05, 0.1) is 24.5 Å². The minimum atomic E-state index is -0.0388. The summed E-state index contributed by atoms with van der Waals surface area (Å²) in [6, 6.07) is 7.66. The molecular formula is C12H15ClN4. The molecule has 2 aromatic rings. The van der Waals surface area contributed by atoms with Gasteiger partial charge in [0.15, 0.2) is 0 Å². The van der Waals surface area contributed by atoms with Gasteiger partial charge in [0, 0.05) is 5.02 Å². The first kappa shape index (κ1) is 12.1. The molecule has 0 aliphatic heterocycles. The Bertz CT molecular complexity index is 495. The first-order valence-corrected chi connectivity index (χ1v) is 5.97. The van der Waals surface area contributed by atoms with E-state index in [4.69, 9.17) is 17.3 Å². The van der Waals surface area contributed by atoms with E-state index >= 15 is 0 Å². The van der Waals surface area contributed by atoms with Gasteiger partial charge in [0.1, 0.15) is 0 Å². The van der Waals surface area contributed by atoms with Gasteiger partial charge in [0.25, 0.3) is 0 Å². The number of aromatic nitrogens is 3. The van der Waals surface area contributed by atoms with Crippen LogP contribution in [0, 0.1) is 0 Å². The molecule has 1 unspecified atom stereocenters. The van der Waals surface area contributed by atoms with Crippen LogP contribution in [0.4, 0.5) is 0 Å². The number of hydrogen-bond acceptors (Lipinski definition) is 3. The second-order valence-corrected chi connectivity index (χ2v) is 4.42. The quantitative estimate of drug-likeness (QED) is 0.907. The van der Waals surface area contributed by atoms with E-state index in [-0.39, 0.29) is 6.04 Å². The van der Waals surface area contributed by atoms with Crippen molar-refractivity contribution in [3.05, 3.63) is 46.7 Å². The van der Waals surface area contributed by atoms with E-state index in [9.17, 15) is 0 Å². The van der Waals surface area contributed by atoms with Gasteiger partial charge in [-0.05, 0) is 24.1 Å². The summed E-state index contributed by atoms with van der Waals surface area (Å²) >= 11 is 5.92. The zero-order chi connectivity index (χ0) is 12.3. The van der Waals surface area contributed by atoms with Crippen molar-refractivity contribution < 1.29 is 0 Å². The van der Waals surface area contributed by atoms with Gasteiger partial charge in [-0.25, -0.2) is 4.68 Å². The van der Waals surface area contributed by atoms with Crippen molar-refractivity contribution in [2.45, 2.75) is 25.9 Å². The average Bonchev–Trinajstić information content (AvgIpc) is 2.76. The Morgan fingerprint density at radius 3 is 3.00 bits per heavy atom. The summed E-state index contributed by atoms with van der Waals surface area (Å²) in [5.74, 6) is 0. The second-order valence-electron chi connectivity index (χ2n) is 3.99. The summed E-state index contributed by atoms with van der Waals surface area (Å²) in [4.78, 5) is 0. The van der Waals surface area contributed by atoms with E-state index in [0.717, 1.165) is 22.7 Å². The molecule has 2 N–H and O–H groups in total. The summed E-state index contributed by atoms with van der Waals surface area (Å²) in [5.41, 5.74) is 7.81. The van der Waals surface area contributed by atoms with Crippen molar-refractivity contribution in [2.75, 3.05) is 0 Å². The van der Waals surface area contributed by atoms with Gasteiger partial charge in [-0.2, -0.15) is 0 Å². The van der Waals surface area contributed by atoms with Gasteiger partial charge in [-0.15, -0.1) is 5.10 Å². The first-order valence-electron chi connectivity index (χ1n) is 5.59. The van der Waals surface area contributed by atoms with Crippen molar-refractivity contribution in [1.82, 2.24) is 15.0 Å². The monoisotopic (exact) mass is 250 g/mol. The third kappa shape index (κ3) is 3.05. The number of rotatable bonds is 4. The molecule has 0 amide bonds. The molecule has 1 atom stereocenters. The molecule has 4 nitrogen and oxygen atoms in total. The molecule has 0 spiro atoms. The van der Waals surface area contributed by atoms with Crippen LogP contribution >= 0.6 is 11.6 Å². The summed E-state index contributed by atoms with van der Waals surface area (Å²) in [5, 5.41) is 8.84. The molecule has 90 valence electrons. The highest BCUT2D eigenvalue weighted by Crippen LogP contribution is 2.13. The Morgan fingerprint density at radius 2 is 2.29 bits per heavy atom. The lowest BCUT2D eigenvalue weighted by Gasteiger charge is -2.02. The molecule has 1 aromatic heterocycles. The topological polar surface area (TPSA) is 56.7 Å². The Balaban J connectivity index is 2.11. The van der Waals surface area contributed by atoms with Crippen molar-refractivity contribution in [3.8, 4) is 0 Å². The maximum absolute atomic E-state index is 5.92. The van der Waals surface area contributed by atoms with E-state index in [2.05, 4.69) is 10.3 Å². The fraction of sp³-hybridized carbons (Fsp3) is 0.333. The molecule has 1 heterocycles. The first-order chi connectivity index (χ1) is 8.19. The zero-order valence-electron chi connectivity index (χ0n) is 9.68. The molecule has 0 aliphatic rings. The molecule has 0 bridgehead atoms. The molecule has 5 heteroatoms. The Morgan fingerprint density at radius 1 is 1.47 bits per heavy atom. The summed E-state index contributed by atoms with van der Waals surface area (Å²) in [6.45, 7) is 2.69. The number of nitrogens with two attached hydrogens (primary N) is 1. The molecule has 17 heavy (non-hydrogen) atoms. The van der Waals surface area contributed by atoms with E-state index in [1.807, 2.05) is 37.4 Å². The SMILES string of the molecule is CCC(N)c1cn(Cc2cccc(Cl)c2)nn1. The Labute approximate surface area is 105 Å². The van der Waals surface area contributed by atoms with Crippen LogP contribution in [0.3, 0.4) is 0 Å². The van der Waals surface area contributed by atoms with Gasteiger partial charge in [-0.3, -0.25) is 0 Å². The standard InChI is InChI=1S/C12H15ClN4/c1-2-11(14)12-8-17(16-15-12)7-9-4-3-5-10(13)6-9/h3-6,8,11H,2,7,14H2,1H3. The van der Waals surface area contributed by atoms with Gasteiger partial charge in [0.2, 0.25) is 0 Å². The minimum Gasteiger partial charge on any atom is -0.323 e. The van der Waals surface area contributed by atoms with Crippen LogP contribution < -0.4 is 5.73 Å². The van der Waals surface area contributed by atoms with Gasteiger partial charge >= 0.3 is 0 Å². The number of hydrogen-bond donors (Lipinski definition) is 1. The van der Waals surface area contributed by atoms with Crippen molar-refractivity contribution in [3.63, 3.8) is 0 Å². The predicted molar refractivity (Wildman–Crippen MR) is 67.8 cm³/mol. The summed E-state index contributed by atoms with van der Waals surface area (Å²) < 4.78 is 1.77. The van der Waals surface area contributed by atoms with Gasteiger partial charge in [-0.1, -0.05) is 35.9 Å². The van der Waals surface area contributed by atoms with Crippen molar-refractivity contribution >= 4 is 11.6 Å². The average molecular weight is 251 g/mol. The fourth-order valence-electron chi connectivity index (χ4n) is 1.59. The molecule has 2 rings (SSSR count). The van der Waals surface area contributed by atoms with Crippen molar-refractivity contribution in [1.29, 1.82) is 0 Å². The third-order valence-electron chi connectivity index (χ3n) is 2.61. The Hall–Kier alpha value is -1.39. The third-order valence-corrected chi connectivity index (χ3v) is 2.84. The van der Waals surface area contributed by atoms with Crippen LogP contribution in [0.25, 0.3) is 0 Å². The molecule has 0 aliphatic carbocycles. The lowest BCUT2D eigenvalue weighted by molar-refractivity contribution is 0.644. The minimum absolute atomic E-state index is 0.0388. The highest BCUT2D eigenvalue weighted by molar-refractivity contribution is 6.30. The highest BCUT2D eigenvalue weighted by atomic mass is 35.5. The van der Waals surface area contributed by atoms with Crippen LogP contribution in [0.1, 0.15) is 30.6 Å². The van der Waals surface area contributed by atoms with E-state index in [0.29, 0.717) is 6.54 Å². The second kappa shape index (κ2) is 5.29. The maximum atomic E-state index is 5.92. The van der Waals surface area contributed by atoms with Crippen LogP contribution in [-0.4, -0.2) is 15.0 Å². The van der Waals surface area contributed by atoms with E-state index in [1.165, 1.54) is 0 Å². The molecular weight excluding hydrogens is 236 g/mol. The number of halogens is 1. The molecule has 1 aromatic carbocycles. The van der Waals surface area contributed by atoms with E-state index < -0.39 is 0 Å². The molecule has 0 saturated carbocycles. The summed E-state index contributed by atoms with van der Waals surface area (Å²) in [6.07, 6.45) is 2.74. The van der Waals surface area contributed by atoms with Gasteiger partial charge < -0.3 is 5.73 Å². The lowest BCUT2D eigenvalue weighted by Crippen LogP contribution is -2.08. The smallest absolute Gasteiger partial charge is 0.0994 e. The fourth-order valence-corrected chi connectivity index (χ4v) is 1.80. The Kier molecular flexibility index (Phi) is 3.76. The van der Waals surface area contributed by atoms with Crippen LogP contribution in [0.15, 0.2) is 30.5 Å². The normalized spacial score (nSPS) is 12.6. The molecule has 0 radical (unpaired) electrons. The zero-order valence-corrected chi connectivity index (χ0v) is 10.4. The van der Waals surface area contributed by atoms with Crippen LogP contribution in [0.5, 0.6) is 0 Å². The molecule has 0 saturated heterocycles. The van der Waals surface area contributed by atoms with Crippen LogP contribution in [-0.2, 0) is 6.54 Å². The molecule has 0 fully saturated rings. The summed E-state index contributed by atoms with van der Waals surface area (Å²) in [7, 11) is 0. The number of nitrogens with zero attached hydrogens (tertiary/aromatic N) is 3. The largest absolute Gasteiger partial charge is 0.323 e. The maximum Gasteiger partial charge on any atom is 0.0994 e. The predicted octanol–water partition coefficient (Wildman–Crippen LogP) is 2.39.